The van der Waals surface area contributed by atoms with Crippen LogP contribution < -0.4 is 4.74 Å². The van der Waals surface area contributed by atoms with Crippen molar-refractivity contribution in [1.82, 2.24) is 4.57 Å². The maximum Gasteiger partial charge on any atom is 0.164 e. The van der Waals surface area contributed by atoms with E-state index in [0.717, 1.165) is 43.5 Å². The normalized spacial score (nSPS) is 20.6. The van der Waals surface area contributed by atoms with E-state index in [0.29, 0.717) is 12.2 Å². The topological polar surface area (TPSA) is 31.2 Å². The molecule has 0 radical (unpaired) electrons. The molecule has 1 aromatic carbocycles. The Morgan fingerprint density at radius 1 is 1.10 bits per heavy atom. The first kappa shape index (κ1) is 12.7. The quantitative estimate of drug-likeness (QED) is 0.790. The third-order valence-corrected chi connectivity index (χ3v) is 4.49. The summed E-state index contributed by atoms with van der Waals surface area (Å²) in [6.07, 6.45) is 9.16. The highest BCUT2D eigenvalue weighted by Crippen LogP contribution is 2.29. The average Bonchev–Trinajstić information content (AvgIpc) is 3.02. The monoisotopic (exact) mass is 281 g/mol. The SMILES string of the molecule is O=C1CCCCc2cn(CC3Cc4ccccc4O3)cc21. The van der Waals surface area contributed by atoms with Crippen LogP contribution in [-0.4, -0.2) is 16.5 Å². The predicted molar refractivity (Wildman–Crippen MR) is 80.9 cm³/mol. The van der Waals surface area contributed by atoms with E-state index in [4.69, 9.17) is 4.74 Å². The fourth-order valence-electron chi connectivity index (χ4n) is 3.44. The van der Waals surface area contributed by atoms with Gasteiger partial charge in [0.25, 0.3) is 0 Å². The lowest BCUT2D eigenvalue weighted by molar-refractivity contribution is 0.0981. The maximum atomic E-state index is 12.1. The number of nitrogens with zero attached hydrogens (tertiary/aromatic N) is 1. The van der Waals surface area contributed by atoms with E-state index in [-0.39, 0.29) is 6.10 Å². The predicted octanol–water partition coefficient (Wildman–Crippen LogP) is 3.40. The number of benzene rings is 1. The van der Waals surface area contributed by atoms with Gasteiger partial charge < -0.3 is 9.30 Å². The van der Waals surface area contributed by atoms with E-state index in [1.165, 1.54) is 11.1 Å². The van der Waals surface area contributed by atoms with Crippen molar-refractivity contribution in [3.05, 3.63) is 53.3 Å². The highest BCUT2D eigenvalue weighted by Gasteiger charge is 2.24. The van der Waals surface area contributed by atoms with E-state index in [2.05, 4.69) is 22.9 Å². The van der Waals surface area contributed by atoms with Crippen LogP contribution in [0.4, 0.5) is 0 Å². The molecule has 0 fully saturated rings. The number of hydrogen-bond donors (Lipinski definition) is 0. The van der Waals surface area contributed by atoms with Crippen LogP contribution in [0.25, 0.3) is 0 Å². The van der Waals surface area contributed by atoms with Gasteiger partial charge in [0.15, 0.2) is 5.78 Å². The number of rotatable bonds is 2. The molecule has 1 aromatic heterocycles. The molecule has 108 valence electrons. The van der Waals surface area contributed by atoms with E-state index in [1.807, 2.05) is 18.3 Å². The number of para-hydroxylation sites is 1. The molecule has 0 saturated carbocycles. The molecule has 1 unspecified atom stereocenters. The lowest BCUT2D eigenvalue weighted by Crippen LogP contribution is -2.20. The molecule has 2 aromatic rings. The molecule has 2 heterocycles. The Labute approximate surface area is 124 Å². The van der Waals surface area contributed by atoms with Crippen molar-refractivity contribution in [3.63, 3.8) is 0 Å². The van der Waals surface area contributed by atoms with Crippen LogP contribution in [0.3, 0.4) is 0 Å². The van der Waals surface area contributed by atoms with Crippen LogP contribution in [0.5, 0.6) is 5.75 Å². The number of hydrogen-bond acceptors (Lipinski definition) is 2. The number of aryl methyl sites for hydroxylation is 1. The summed E-state index contributed by atoms with van der Waals surface area (Å²) in [7, 11) is 0. The van der Waals surface area contributed by atoms with Crippen molar-refractivity contribution in [2.45, 2.75) is 44.8 Å². The van der Waals surface area contributed by atoms with Crippen LogP contribution in [0.2, 0.25) is 0 Å². The molecule has 21 heavy (non-hydrogen) atoms. The summed E-state index contributed by atoms with van der Waals surface area (Å²) in [6.45, 7) is 0.814. The van der Waals surface area contributed by atoms with Crippen molar-refractivity contribution in [3.8, 4) is 5.75 Å². The smallest absolute Gasteiger partial charge is 0.164 e. The summed E-state index contributed by atoms with van der Waals surface area (Å²) in [6, 6.07) is 8.23. The van der Waals surface area contributed by atoms with Crippen molar-refractivity contribution in [1.29, 1.82) is 0 Å². The second-order valence-electron chi connectivity index (χ2n) is 6.08. The van der Waals surface area contributed by atoms with Crippen LogP contribution in [0.1, 0.15) is 40.7 Å². The van der Waals surface area contributed by atoms with Gasteiger partial charge in [-0.15, -0.1) is 0 Å². The minimum Gasteiger partial charge on any atom is -0.488 e. The minimum atomic E-state index is 0.175. The first-order chi connectivity index (χ1) is 10.3. The molecule has 0 bridgehead atoms. The van der Waals surface area contributed by atoms with Gasteiger partial charge in [0.1, 0.15) is 11.9 Å². The van der Waals surface area contributed by atoms with E-state index < -0.39 is 0 Å². The van der Waals surface area contributed by atoms with Crippen molar-refractivity contribution in [2.75, 3.05) is 0 Å². The van der Waals surface area contributed by atoms with Gasteiger partial charge in [-0.25, -0.2) is 0 Å². The molecule has 1 atom stereocenters. The first-order valence-corrected chi connectivity index (χ1v) is 7.76. The summed E-state index contributed by atoms with van der Waals surface area (Å²) >= 11 is 0. The fourth-order valence-corrected chi connectivity index (χ4v) is 3.44. The Kier molecular flexibility index (Phi) is 3.06. The molecule has 0 amide bonds. The number of fused-ring (bicyclic) bond motifs is 2. The number of carbonyl (C=O) groups excluding carboxylic acids is 1. The third-order valence-electron chi connectivity index (χ3n) is 4.49. The lowest BCUT2D eigenvalue weighted by Gasteiger charge is -2.11. The summed E-state index contributed by atoms with van der Waals surface area (Å²) in [5, 5.41) is 0. The minimum absolute atomic E-state index is 0.175. The van der Waals surface area contributed by atoms with Crippen molar-refractivity contribution >= 4 is 5.78 Å². The molecule has 1 aliphatic carbocycles. The molecule has 2 aliphatic rings. The zero-order valence-corrected chi connectivity index (χ0v) is 12.0. The fraction of sp³-hybridized carbons (Fsp3) is 0.389. The molecular formula is C18H19NO2. The number of Topliss-reactive ketones (excluding diaryl/α,β-unsaturated/α-hetero) is 1. The molecule has 3 heteroatoms. The van der Waals surface area contributed by atoms with Gasteiger partial charge >= 0.3 is 0 Å². The molecule has 0 N–H and O–H groups in total. The van der Waals surface area contributed by atoms with Crippen LogP contribution in [-0.2, 0) is 19.4 Å². The number of ketones is 1. The average molecular weight is 281 g/mol. The van der Waals surface area contributed by atoms with Crippen LogP contribution in [0, 0.1) is 0 Å². The van der Waals surface area contributed by atoms with Gasteiger partial charge in [0.2, 0.25) is 0 Å². The molecule has 3 nitrogen and oxygen atoms in total. The van der Waals surface area contributed by atoms with Gasteiger partial charge in [-0.05, 0) is 36.5 Å². The Morgan fingerprint density at radius 2 is 1.95 bits per heavy atom. The number of carbonyl (C=O) groups is 1. The van der Waals surface area contributed by atoms with E-state index in [9.17, 15) is 4.79 Å². The second-order valence-corrected chi connectivity index (χ2v) is 6.08. The highest BCUT2D eigenvalue weighted by atomic mass is 16.5. The summed E-state index contributed by atoms with van der Waals surface area (Å²) in [5.74, 6) is 1.31. The molecule has 0 spiro atoms. The Bertz CT molecular complexity index is 661. The van der Waals surface area contributed by atoms with Gasteiger partial charge in [-0.1, -0.05) is 18.2 Å². The third kappa shape index (κ3) is 2.37. The van der Waals surface area contributed by atoms with Crippen molar-refractivity contribution < 1.29 is 9.53 Å². The first-order valence-electron chi connectivity index (χ1n) is 7.76. The largest absolute Gasteiger partial charge is 0.488 e. The van der Waals surface area contributed by atoms with Gasteiger partial charge in [0.05, 0.1) is 6.54 Å². The Hall–Kier alpha value is -2.03. The highest BCUT2D eigenvalue weighted by molar-refractivity contribution is 5.97. The van der Waals surface area contributed by atoms with Crippen LogP contribution in [0.15, 0.2) is 36.7 Å². The Morgan fingerprint density at radius 3 is 2.86 bits per heavy atom. The maximum absolute atomic E-state index is 12.1. The van der Waals surface area contributed by atoms with Crippen LogP contribution >= 0.6 is 0 Å². The summed E-state index contributed by atoms with van der Waals surface area (Å²) in [5.41, 5.74) is 3.43. The molecule has 0 saturated heterocycles. The number of ether oxygens (including phenoxy) is 1. The zero-order valence-electron chi connectivity index (χ0n) is 12.0. The van der Waals surface area contributed by atoms with Gasteiger partial charge in [-0.3, -0.25) is 4.79 Å². The van der Waals surface area contributed by atoms with Gasteiger partial charge in [0, 0.05) is 30.8 Å². The van der Waals surface area contributed by atoms with Gasteiger partial charge in [-0.2, -0.15) is 0 Å². The zero-order chi connectivity index (χ0) is 14.2. The second kappa shape index (κ2) is 5.06. The lowest BCUT2D eigenvalue weighted by atomic mass is 10.1. The van der Waals surface area contributed by atoms with E-state index >= 15 is 0 Å². The summed E-state index contributed by atoms with van der Waals surface area (Å²) < 4.78 is 8.13. The molecule has 1 aliphatic heterocycles. The summed E-state index contributed by atoms with van der Waals surface area (Å²) in [4.78, 5) is 12.1. The molecular weight excluding hydrogens is 262 g/mol. The van der Waals surface area contributed by atoms with Crippen molar-refractivity contribution in [2.24, 2.45) is 0 Å². The van der Waals surface area contributed by atoms with E-state index in [1.54, 1.807) is 0 Å². The molecule has 4 rings (SSSR count). The standard InChI is InChI=1S/C18H19NO2/c20-17-7-3-1-6-14-10-19(12-16(14)17)11-15-9-13-5-2-4-8-18(13)21-15/h2,4-5,8,10,12,15H,1,3,6-7,9,11H2. The Balaban J connectivity index is 1.52. The number of aromatic nitrogens is 1.